The highest BCUT2D eigenvalue weighted by molar-refractivity contribution is 7.15. The number of nitrogens with zero attached hydrogens (tertiary/aromatic N) is 1. The third-order valence-corrected chi connectivity index (χ3v) is 5.27. The van der Waals surface area contributed by atoms with Crippen molar-refractivity contribution in [3.63, 3.8) is 0 Å². The van der Waals surface area contributed by atoms with Crippen molar-refractivity contribution in [2.75, 3.05) is 7.11 Å². The fourth-order valence-electron chi connectivity index (χ4n) is 2.90. The molecule has 0 fully saturated rings. The molecule has 25 heavy (non-hydrogen) atoms. The van der Waals surface area contributed by atoms with Gasteiger partial charge in [-0.05, 0) is 22.6 Å². The van der Waals surface area contributed by atoms with Crippen molar-refractivity contribution in [1.82, 2.24) is 4.40 Å². The van der Waals surface area contributed by atoms with Crippen LogP contribution in [0.25, 0.3) is 16.0 Å². The normalized spacial score (nSPS) is 11.7. The Morgan fingerprint density at radius 2 is 1.92 bits per heavy atom. The summed E-state index contributed by atoms with van der Waals surface area (Å²) in [6, 6.07) is 10.3. The Bertz CT molecular complexity index is 926. The summed E-state index contributed by atoms with van der Waals surface area (Å²) < 4.78 is 6.60. The van der Waals surface area contributed by atoms with E-state index in [9.17, 15) is 9.59 Å². The molecule has 1 aromatic carbocycles. The molecular formula is C20H21NO3S. The van der Waals surface area contributed by atoms with Crippen molar-refractivity contribution in [2.45, 2.75) is 32.6 Å². The van der Waals surface area contributed by atoms with Crippen LogP contribution in [0, 0.1) is 0 Å². The Balaban J connectivity index is 2.08. The zero-order valence-electron chi connectivity index (χ0n) is 14.8. The van der Waals surface area contributed by atoms with E-state index in [1.54, 1.807) is 0 Å². The first-order chi connectivity index (χ1) is 11.8. The average Bonchev–Trinajstić information content (AvgIpc) is 3.13. The van der Waals surface area contributed by atoms with Crippen molar-refractivity contribution in [3.8, 4) is 11.1 Å². The van der Waals surface area contributed by atoms with Crippen LogP contribution in [-0.4, -0.2) is 23.8 Å². The summed E-state index contributed by atoms with van der Waals surface area (Å²) in [5, 5.41) is 1.89. The Labute approximate surface area is 151 Å². The monoisotopic (exact) mass is 355 g/mol. The summed E-state index contributed by atoms with van der Waals surface area (Å²) >= 11 is 1.52. The molecule has 2 heterocycles. The van der Waals surface area contributed by atoms with Gasteiger partial charge in [-0.25, -0.2) is 0 Å². The van der Waals surface area contributed by atoms with Gasteiger partial charge in [-0.2, -0.15) is 0 Å². The molecule has 0 aliphatic carbocycles. The molecule has 3 rings (SSSR count). The first-order valence-electron chi connectivity index (χ1n) is 8.10. The zero-order chi connectivity index (χ0) is 18.2. The van der Waals surface area contributed by atoms with Gasteiger partial charge in [0.15, 0.2) is 6.29 Å². The van der Waals surface area contributed by atoms with Crippen LogP contribution in [0.4, 0.5) is 0 Å². The number of aldehydes is 1. The van der Waals surface area contributed by atoms with Gasteiger partial charge in [0.1, 0.15) is 4.83 Å². The number of esters is 1. The van der Waals surface area contributed by atoms with E-state index in [1.165, 1.54) is 24.0 Å². The van der Waals surface area contributed by atoms with Crippen LogP contribution in [0.1, 0.15) is 42.5 Å². The lowest BCUT2D eigenvalue weighted by Crippen LogP contribution is -2.10. The molecule has 0 radical (unpaired) electrons. The Kier molecular flexibility index (Phi) is 4.52. The van der Waals surface area contributed by atoms with Gasteiger partial charge in [-0.3, -0.25) is 9.59 Å². The number of rotatable bonds is 4. The molecule has 130 valence electrons. The molecule has 0 aliphatic heterocycles. The highest BCUT2D eigenvalue weighted by Gasteiger charge is 2.18. The SMILES string of the molecule is COC(=O)Cc1csc2cc(-c3ccc(C(C)(C)C)cc3)c(C=O)n12. The molecule has 0 bridgehead atoms. The van der Waals surface area contributed by atoms with Gasteiger partial charge in [0.2, 0.25) is 0 Å². The lowest BCUT2D eigenvalue weighted by atomic mass is 9.86. The molecule has 3 aromatic rings. The Morgan fingerprint density at radius 3 is 2.48 bits per heavy atom. The Hall–Kier alpha value is -2.40. The van der Waals surface area contributed by atoms with Crippen LogP contribution in [0.3, 0.4) is 0 Å². The van der Waals surface area contributed by atoms with Crippen molar-refractivity contribution < 1.29 is 14.3 Å². The summed E-state index contributed by atoms with van der Waals surface area (Å²) in [6.07, 6.45) is 1.00. The third-order valence-electron chi connectivity index (χ3n) is 4.33. The van der Waals surface area contributed by atoms with Crippen molar-refractivity contribution in [3.05, 3.63) is 52.7 Å². The van der Waals surface area contributed by atoms with Gasteiger partial charge >= 0.3 is 5.97 Å². The molecule has 0 saturated heterocycles. The second-order valence-corrected chi connectivity index (χ2v) is 7.93. The fourth-order valence-corrected chi connectivity index (χ4v) is 3.86. The van der Waals surface area contributed by atoms with Gasteiger partial charge in [0.25, 0.3) is 0 Å². The van der Waals surface area contributed by atoms with Crippen LogP contribution in [0.15, 0.2) is 35.7 Å². The summed E-state index contributed by atoms with van der Waals surface area (Å²) in [7, 11) is 1.37. The quantitative estimate of drug-likeness (QED) is 0.512. The van der Waals surface area contributed by atoms with Crippen molar-refractivity contribution >= 4 is 28.4 Å². The first-order valence-corrected chi connectivity index (χ1v) is 8.98. The maximum Gasteiger partial charge on any atom is 0.311 e. The number of carbonyl (C=O) groups is 2. The van der Waals surface area contributed by atoms with Crippen molar-refractivity contribution in [2.24, 2.45) is 0 Å². The predicted molar refractivity (Wildman–Crippen MR) is 101 cm³/mol. The molecule has 0 amide bonds. The smallest absolute Gasteiger partial charge is 0.311 e. The zero-order valence-corrected chi connectivity index (χ0v) is 15.6. The average molecular weight is 355 g/mol. The van der Waals surface area contributed by atoms with Crippen LogP contribution in [0.5, 0.6) is 0 Å². The maximum absolute atomic E-state index is 11.8. The Morgan fingerprint density at radius 1 is 1.24 bits per heavy atom. The summed E-state index contributed by atoms with van der Waals surface area (Å²) in [4.78, 5) is 24.3. The van der Waals surface area contributed by atoms with E-state index in [1.807, 2.05) is 28.0 Å². The lowest BCUT2D eigenvalue weighted by Gasteiger charge is -2.19. The maximum atomic E-state index is 11.8. The van der Waals surface area contributed by atoms with E-state index < -0.39 is 0 Å². The largest absolute Gasteiger partial charge is 0.469 e. The number of hydrogen-bond acceptors (Lipinski definition) is 4. The molecule has 5 heteroatoms. The minimum absolute atomic E-state index is 0.0841. The molecule has 0 N–H and O–H groups in total. The van der Waals surface area contributed by atoms with Crippen LogP contribution >= 0.6 is 11.3 Å². The van der Waals surface area contributed by atoms with E-state index in [0.29, 0.717) is 5.69 Å². The number of thiazole rings is 1. The van der Waals surface area contributed by atoms with E-state index in [2.05, 4.69) is 32.9 Å². The molecule has 0 saturated carbocycles. The molecule has 4 nitrogen and oxygen atoms in total. The molecule has 0 atom stereocenters. The minimum atomic E-state index is -0.318. The van der Waals surface area contributed by atoms with Gasteiger partial charge < -0.3 is 9.14 Å². The molecule has 0 spiro atoms. The van der Waals surface area contributed by atoms with E-state index in [-0.39, 0.29) is 17.8 Å². The van der Waals surface area contributed by atoms with Crippen LogP contribution < -0.4 is 0 Å². The first kappa shape index (κ1) is 17.4. The number of hydrogen-bond donors (Lipinski definition) is 0. The summed E-state index contributed by atoms with van der Waals surface area (Å²) in [6.45, 7) is 6.52. The van der Waals surface area contributed by atoms with Crippen LogP contribution in [0.2, 0.25) is 0 Å². The van der Waals surface area contributed by atoms with Gasteiger partial charge in [0.05, 0.1) is 19.2 Å². The second kappa shape index (κ2) is 6.48. The van der Waals surface area contributed by atoms with Gasteiger partial charge in [-0.1, -0.05) is 45.0 Å². The van der Waals surface area contributed by atoms with Crippen LogP contribution in [-0.2, 0) is 21.4 Å². The van der Waals surface area contributed by atoms with Crippen molar-refractivity contribution in [1.29, 1.82) is 0 Å². The number of aromatic nitrogens is 1. The van der Waals surface area contributed by atoms with E-state index in [4.69, 9.17) is 4.74 Å². The summed E-state index contributed by atoms with van der Waals surface area (Å²) in [5.74, 6) is -0.318. The molecule has 2 aromatic heterocycles. The number of carbonyl (C=O) groups excluding carboxylic acids is 2. The molecular weight excluding hydrogens is 334 g/mol. The standard InChI is InChI=1S/C20H21NO3S/c1-20(2,3)14-7-5-13(6-8-14)16-10-18-21(17(16)11-22)15(12-25-18)9-19(23)24-4/h5-8,10-12H,9H2,1-4H3. The molecule has 0 unspecified atom stereocenters. The highest BCUT2D eigenvalue weighted by atomic mass is 32.1. The second-order valence-electron chi connectivity index (χ2n) is 7.04. The highest BCUT2D eigenvalue weighted by Crippen LogP contribution is 2.32. The summed E-state index contributed by atoms with van der Waals surface area (Å²) in [5.41, 5.74) is 4.55. The number of fused-ring (bicyclic) bond motifs is 1. The number of ether oxygens (including phenoxy) is 1. The topological polar surface area (TPSA) is 47.8 Å². The lowest BCUT2D eigenvalue weighted by molar-refractivity contribution is -0.139. The molecule has 0 aliphatic rings. The van der Waals surface area contributed by atoms with Gasteiger partial charge in [-0.15, -0.1) is 11.3 Å². The van der Waals surface area contributed by atoms with Gasteiger partial charge in [0, 0.05) is 16.6 Å². The van der Waals surface area contributed by atoms with E-state index >= 15 is 0 Å². The number of benzene rings is 1. The third kappa shape index (κ3) is 3.24. The number of methoxy groups -OCH3 is 1. The predicted octanol–water partition coefficient (Wildman–Crippen LogP) is 4.49. The van der Waals surface area contributed by atoms with E-state index in [0.717, 1.165) is 27.9 Å². The minimum Gasteiger partial charge on any atom is -0.469 e. The fraction of sp³-hybridized carbons (Fsp3) is 0.300.